The zero-order chi connectivity index (χ0) is 30.7. The average Bonchev–Trinajstić information content (AvgIpc) is 2.95. The van der Waals surface area contributed by atoms with E-state index in [1.807, 2.05) is 6.92 Å². The highest BCUT2D eigenvalue weighted by Gasteiger charge is 2.34. The van der Waals surface area contributed by atoms with Gasteiger partial charge in [0.25, 0.3) is 0 Å². The van der Waals surface area contributed by atoms with Gasteiger partial charge < -0.3 is 14.7 Å². The second-order valence-corrected chi connectivity index (χ2v) is 9.84. The van der Waals surface area contributed by atoms with Crippen molar-refractivity contribution in [3.63, 3.8) is 0 Å². The Bertz CT molecular complexity index is 1490. The van der Waals surface area contributed by atoms with Crippen molar-refractivity contribution in [2.45, 2.75) is 38.0 Å². The molecule has 0 heterocycles. The monoisotopic (exact) mass is 611 g/mol. The van der Waals surface area contributed by atoms with Crippen LogP contribution in [-0.4, -0.2) is 11.7 Å². The summed E-state index contributed by atoms with van der Waals surface area (Å²) in [5, 5.41) is 11.6. The van der Waals surface area contributed by atoms with E-state index in [0.717, 1.165) is 36.4 Å². The highest BCUT2D eigenvalue weighted by atomic mass is 35.5. The molecular weight excluding hydrogens is 587 g/mol. The Labute approximate surface area is 242 Å². The van der Waals surface area contributed by atoms with E-state index in [1.165, 1.54) is 11.0 Å². The van der Waals surface area contributed by atoms with Gasteiger partial charge in [0.1, 0.15) is 11.6 Å². The van der Waals surface area contributed by atoms with E-state index in [-0.39, 0.29) is 23.4 Å². The number of benzene rings is 4. The van der Waals surface area contributed by atoms with Crippen LogP contribution in [0.2, 0.25) is 5.02 Å². The van der Waals surface area contributed by atoms with Crippen LogP contribution in [0.3, 0.4) is 0 Å². The van der Waals surface area contributed by atoms with Gasteiger partial charge in [-0.15, -0.1) is 0 Å². The van der Waals surface area contributed by atoms with Crippen molar-refractivity contribution in [2.75, 3.05) is 11.4 Å². The Morgan fingerprint density at radius 2 is 1.43 bits per heavy atom. The number of alkyl halides is 6. The van der Waals surface area contributed by atoms with Gasteiger partial charge in [-0.2, -0.15) is 26.3 Å². The minimum atomic E-state index is -4.79. The van der Waals surface area contributed by atoms with Crippen LogP contribution in [-0.2, 0) is 18.8 Å². The Kier molecular flexibility index (Phi) is 9.37. The first-order chi connectivity index (χ1) is 19.8. The van der Waals surface area contributed by atoms with Crippen LogP contribution in [0, 0.1) is 5.82 Å². The van der Waals surface area contributed by atoms with Crippen LogP contribution in [0.15, 0.2) is 91.0 Å². The molecule has 0 radical (unpaired) electrons. The van der Waals surface area contributed by atoms with E-state index >= 15 is 4.39 Å². The lowest BCUT2D eigenvalue weighted by Gasteiger charge is -2.36. The maximum Gasteiger partial charge on any atom is 0.416 e. The standard InChI is InChI=1S/C31H25ClF7NO2/c1-2-19-16-24(13-15-26(19)32)42-29(25-14-12-22(17-27(25)33)31(37,38)39)40(23-6-4-3-5-7-23)18-28(41)20-8-10-21(11-9-20)30(34,35)36/h3-17,28-29,41H,2,18H2,1H3. The van der Waals surface area contributed by atoms with Gasteiger partial charge in [-0.05, 0) is 78.2 Å². The first-order valence-corrected chi connectivity index (χ1v) is 13.1. The number of anilines is 1. The summed E-state index contributed by atoms with van der Waals surface area (Å²) in [6, 6.07) is 18.9. The summed E-state index contributed by atoms with van der Waals surface area (Å²) in [4.78, 5) is 1.42. The molecule has 0 fully saturated rings. The lowest BCUT2D eigenvalue weighted by molar-refractivity contribution is -0.138. The Morgan fingerprint density at radius 3 is 2.00 bits per heavy atom. The number of ether oxygens (including phenoxy) is 1. The fourth-order valence-corrected chi connectivity index (χ4v) is 4.62. The summed E-state index contributed by atoms with van der Waals surface area (Å²) in [5.74, 6) is -0.977. The molecule has 0 spiro atoms. The molecule has 222 valence electrons. The summed E-state index contributed by atoms with van der Waals surface area (Å²) in [7, 11) is 0. The molecule has 2 unspecified atom stereocenters. The van der Waals surface area contributed by atoms with Crippen molar-refractivity contribution in [1.29, 1.82) is 0 Å². The van der Waals surface area contributed by atoms with E-state index in [4.69, 9.17) is 16.3 Å². The van der Waals surface area contributed by atoms with E-state index in [9.17, 15) is 31.4 Å². The van der Waals surface area contributed by atoms with Crippen LogP contribution in [0.25, 0.3) is 0 Å². The van der Waals surface area contributed by atoms with Gasteiger partial charge in [0.15, 0.2) is 0 Å². The van der Waals surface area contributed by atoms with Crippen LogP contribution in [0.1, 0.15) is 47.1 Å². The fraction of sp³-hybridized carbons (Fsp3) is 0.226. The summed E-state index contributed by atoms with van der Waals surface area (Å²) < 4.78 is 101. The molecule has 4 aromatic rings. The number of aryl methyl sites for hydroxylation is 1. The van der Waals surface area contributed by atoms with Gasteiger partial charge in [0, 0.05) is 16.3 Å². The summed E-state index contributed by atoms with van der Waals surface area (Å²) >= 11 is 6.23. The molecule has 0 aliphatic rings. The topological polar surface area (TPSA) is 32.7 Å². The smallest absolute Gasteiger partial charge is 0.416 e. The maximum atomic E-state index is 15.4. The first kappa shape index (κ1) is 31.2. The summed E-state index contributed by atoms with van der Waals surface area (Å²) in [6.45, 7) is 1.53. The minimum absolute atomic E-state index is 0.135. The van der Waals surface area contributed by atoms with Crippen LogP contribution >= 0.6 is 11.6 Å². The molecule has 4 aromatic carbocycles. The SMILES string of the molecule is CCc1cc(OC(c2ccc(C(F)(F)F)cc2F)N(CC(O)c2ccc(C(F)(F)F)cc2)c2ccccc2)ccc1Cl. The maximum absolute atomic E-state index is 15.4. The van der Waals surface area contributed by atoms with Crippen molar-refractivity contribution >= 4 is 17.3 Å². The number of para-hydroxylation sites is 1. The predicted octanol–water partition coefficient (Wildman–Crippen LogP) is 9.40. The van der Waals surface area contributed by atoms with Gasteiger partial charge >= 0.3 is 12.4 Å². The summed E-state index contributed by atoms with van der Waals surface area (Å²) in [5.41, 5.74) is -1.12. The number of aliphatic hydroxyl groups is 1. The molecule has 3 nitrogen and oxygen atoms in total. The molecule has 4 rings (SSSR count). The molecule has 0 saturated carbocycles. The van der Waals surface area contributed by atoms with Gasteiger partial charge in [-0.25, -0.2) is 4.39 Å². The second-order valence-electron chi connectivity index (χ2n) is 9.43. The van der Waals surface area contributed by atoms with Crippen molar-refractivity contribution in [2.24, 2.45) is 0 Å². The van der Waals surface area contributed by atoms with Crippen LogP contribution in [0.4, 0.5) is 36.4 Å². The molecule has 0 aromatic heterocycles. The lowest BCUT2D eigenvalue weighted by Crippen LogP contribution is -2.36. The third-order valence-corrected chi connectivity index (χ3v) is 6.97. The van der Waals surface area contributed by atoms with Crippen molar-refractivity contribution in [3.8, 4) is 5.75 Å². The number of halogens is 8. The number of nitrogens with zero attached hydrogens (tertiary/aromatic N) is 1. The van der Waals surface area contributed by atoms with Gasteiger partial charge in [0.2, 0.25) is 6.23 Å². The molecule has 0 aliphatic carbocycles. The van der Waals surface area contributed by atoms with Crippen LogP contribution in [0.5, 0.6) is 5.75 Å². The van der Waals surface area contributed by atoms with Crippen LogP contribution < -0.4 is 9.64 Å². The second kappa shape index (κ2) is 12.6. The Hall–Kier alpha value is -3.76. The predicted molar refractivity (Wildman–Crippen MR) is 146 cm³/mol. The van der Waals surface area contributed by atoms with E-state index in [0.29, 0.717) is 28.8 Å². The number of aliphatic hydroxyl groups excluding tert-OH is 1. The molecule has 0 bridgehead atoms. The molecule has 2 atom stereocenters. The zero-order valence-corrected chi connectivity index (χ0v) is 22.8. The van der Waals surface area contributed by atoms with Crippen molar-refractivity contribution in [1.82, 2.24) is 0 Å². The number of rotatable bonds is 9. The zero-order valence-electron chi connectivity index (χ0n) is 22.1. The molecule has 42 heavy (non-hydrogen) atoms. The lowest BCUT2D eigenvalue weighted by atomic mass is 10.0. The quantitative estimate of drug-likeness (QED) is 0.151. The Balaban J connectivity index is 1.81. The highest BCUT2D eigenvalue weighted by molar-refractivity contribution is 6.31. The normalized spacial score (nSPS) is 13.5. The third kappa shape index (κ3) is 7.35. The molecular formula is C31H25ClF7NO2. The third-order valence-electron chi connectivity index (χ3n) is 6.60. The Morgan fingerprint density at radius 1 is 0.810 bits per heavy atom. The fourth-order valence-electron chi connectivity index (χ4n) is 4.36. The van der Waals surface area contributed by atoms with Gasteiger partial charge in [-0.3, -0.25) is 0 Å². The molecule has 0 aliphatic heterocycles. The summed E-state index contributed by atoms with van der Waals surface area (Å²) in [6.07, 6.45) is -11.6. The highest BCUT2D eigenvalue weighted by Crippen LogP contribution is 2.37. The number of hydrogen-bond acceptors (Lipinski definition) is 3. The van der Waals surface area contributed by atoms with E-state index in [1.54, 1.807) is 42.5 Å². The molecule has 0 amide bonds. The van der Waals surface area contributed by atoms with E-state index < -0.39 is 41.6 Å². The molecule has 11 heteroatoms. The average molecular weight is 612 g/mol. The molecule has 0 saturated heterocycles. The first-order valence-electron chi connectivity index (χ1n) is 12.8. The van der Waals surface area contributed by atoms with Crippen molar-refractivity contribution in [3.05, 3.63) is 130 Å². The van der Waals surface area contributed by atoms with Crippen molar-refractivity contribution < 1.29 is 40.6 Å². The number of hydrogen-bond donors (Lipinski definition) is 1. The van der Waals surface area contributed by atoms with Gasteiger partial charge in [-0.1, -0.05) is 48.9 Å². The van der Waals surface area contributed by atoms with E-state index in [2.05, 4.69) is 0 Å². The van der Waals surface area contributed by atoms with Gasteiger partial charge in [0.05, 0.1) is 23.8 Å². The largest absolute Gasteiger partial charge is 0.466 e. The minimum Gasteiger partial charge on any atom is -0.466 e. The molecule has 1 N–H and O–H groups in total.